The number of β-amino-alcohol motifs (C(OH)–C–C–N with tert-alkyl or cyclic N) is 1. The molecule has 2 aromatic rings. The monoisotopic (exact) mass is 342 g/mol. The van der Waals surface area contributed by atoms with Crippen molar-refractivity contribution in [2.24, 2.45) is 0 Å². The van der Waals surface area contributed by atoms with E-state index in [4.69, 9.17) is 4.74 Å². The number of likely N-dealkylation sites (tertiary alicyclic amines) is 1. The summed E-state index contributed by atoms with van der Waals surface area (Å²) in [6.45, 7) is 2.87. The molecule has 134 valence electrons. The smallest absolute Gasteiger partial charge is 0.120 e. The van der Waals surface area contributed by atoms with Crippen LogP contribution in [0.5, 0.6) is 5.75 Å². The van der Waals surface area contributed by atoms with E-state index in [9.17, 15) is 5.11 Å². The summed E-state index contributed by atoms with van der Waals surface area (Å²) in [6, 6.07) is 8.40. The topological polar surface area (TPSA) is 63.4 Å². The molecule has 1 aliphatic heterocycles. The molecule has 1 aromatic carbocycles. The predicted molar refractivity (Wildman–Crippen MR) is 94.2 cm³/mol. The third-order valence-electron chi connectivity index (χ3n) is 5.25. The van der Waals surface area contributed by atoms with Gasteiger partial charge in [0.1, 0.15) is 5.75 Å². The van der Waals surface area contributed by atoms with Crippen LogP contribution in [0.2, 0.25) is 0 Å². The van der Waals surface area contributed by atoms with Gasteiger partial charge in [0.05, 0.1) is 24.4 Å². The minimum Gasteiger partial charge on any atom is -0.490 e. The molecule has 25 heavy (non-hydrogen) atoms. The summed E-state index contributed by atoms with van der Waals surface area (Å²) in [6.07, 6.45) is 9.49. The van der Waals surface area contributed by atoms with Crippen molar-refractivity contribution in [3.05, 3.63) is 42.2 Å². The van der Waals surface area contributed by atoms with Crippen molar-refractivity contribution in [1.82, 2.24) is 19.9 Å². The first-order valence-electron chi connectivity index (χ1n) is 9.23. The number of ether oxygens (including phenoxy) is 1. The van der Waals surface area contributed by atoms with Crippen LogP contribution >= 0.6 is 0 Å². The number of nitrogens with zero attached hydrogens (tertiary/aromatic N) is 4. The van der Waals surface area contributed by atoms with Gasteiger partial charge in [-0.25, -0.2) is 4.68 Å². The van der Waals surface area contributed by atoms with Gasteiger partial charge in [-0.05, 0) is 49.8 Å². The van der Waals surface area contributed by atoms with Crippen LogP contribution in [0.15, 0.2) is 36.7 Å². The zero-order valence-corrected chi connectivity index (χ0v) is 14.5. The van der Waals surface area contributed by atoms with Gasteiger partial charge in [0.25, 0.3) is 0 Å². The highest BCUT2D eigenvalue weighted by Gasteiger charge is 2.36. The van der Waals surface area contributed by atoms with Crippen LogP contribution in [0.1, 0.15) is 37.7 Å². The average molecular weight is 342 g/mol. The molecule has 2 fully saturated rings. The molecule has 1 saturated carbocycles. The Kier molecular flexibility index (Phi) is 4.72. The first kappa shape index (κ1) is 16.5. The lowest BCUT2D eigenvalue weighted by atomic mass is 10.0. The van der Waals surface area contributed by atoms with Crippen molar-refractivity contribution in [2.75, 3.05) is 13.1 Å². The zero-order valence-electron chi connectivity index (χ0n) is 14.5. The molecule has 4 rings (SSSR count). The fourth-order valence-corrected chi connectivity index (χ4v) is 4.00. The SMILES string of the molecule is OC1(Cn2ccnn2)CCN(Cc2cccc(OC3CCCC3)c2)C1. The van der Waals surface area contributed by atoms with Crippen LogP contribution in [0, 0.1) is 0 Å². The summed E-state index contributed by atoms with van der Waals surface area (Å²) in [5.74, 6) is 0.974. The van der Waals surface area contributed by atoms with E-state index < -0.39 is 5.60 Å². The maximum absolute atomic E-state index is 10.8. The summed E-state index contributed by atoms with van der Waals surface area (Å²) in [5.41, 5.74) is 0.506. The molecule has 2 aliphatic rings. The van der Waals surface area contributed by atoms with E-state index in [1.54, 1.807) is 17.1 Å². The maximum atomic E-state index is 10.8. The Balaban J connectivity index is 1.34. The lowest BCUT2D eigenvalue weighted by Crippen LogP contribution is -2.37. The van der Waals surface area contributed by atoms with Crippen molar-refractivity contribution in [3.63, 3.8) is 0 Å². The minimum atomic E-state index is -0.730. The summed E-state index contributed by atoms with van der Waals surface area (Å²) in [5, 5.41) is 18.6. The first-order chi connectivity index (χ1) is 12.2. The highest BCUT2D eigenvalue weighted by Crippen LogP contribution is 2.27. The van der Waals surface area contributed by atoms with E-state index >= 15 is 0 Å². The largest absolute Gasteiger partial charge is 0.490 e. The highest BCUT2D eigenvalue weighted by atomic mass is 16.5. The number of hydrogen-bond acceptors (Lipinski definition) is 5. The molecule has 0 amide bonds. The molecule has 0 radical (unpaired) electrons. The number of aromatic nitrogens is 3. The van der Waals surface area contributed by atoms with Gasteiger partial charge in [-0.3, -0.25) is 4.90 Å². The maximum Gasteiger partial charge on any atom is 0.120 e. The molecular weight excluding hydrogens is 316 g/mol. The number of rotatable bonds is 6. The van der Waals surface area contributed by atoms with Gasteiger partial charge in [-0.2, -0.15) is 0 Å². The second kappa shape index (κ2) is 7.14. The number of aliphatic hydroxyl groups is 1. The van der Waals surface area contributed by atoms with Gasteiger partial charge >= 0.3 is 0 Å². The van der Waals surface area contributed by atoms with Crippen LogP contribution in [-0.2, 0) is 13.1 Å². The molecule has 6 nitrogen and oxygen atoms in total. The number of hydrogen-bond donors (Lipinski definition) is 1. The summed E-state index contributed by atoms with van der Waals surface area (Å²) < 4.78 is 7.81. The standard InChI is InChI=1S/C19H26N4O2/c24-19(15-23-11-9-20-21-23)8-10-22(14-19)13-16-4-3-7-18(12-16)25-17-5-1-2-6-17/h3-4,7,9,11-12,17,24H,1-2,5-6,8,10,13-15H2. The van der Waals surface area contributed by atoms with Crippen molar-refractivity contribution in [2.45, 2.75) is 56.9 Å². The molecule has 6 heteroatoms. The second-order valence-electron chi connectivity index (χ2n) is 7.46. The molecule has 1 aromatic heterocycles. The normalized spacial score (nSPS) is 24.8. The Bertz CT molecular complexity index is 684. The van der Waals surface area contributed by atoms with Crippen molar-refractivity contribution in [1.29, 1.82) is 0 Å². The van der Waals surface area contributed by atoms with Crippen LogP contribution in [0.25, 0.3) is 0 Å². The second-order valence-corrected chi connectivity index (χ2v) is 7.46. The number of benzene rings is 1. The van der Waals surface area contributed by atoms with Crippen LogP contribution in [0.4, 0.5) is 0 Å². The Morgan fingerprint density at radius 2 is 2.16 bits per heavy atom. The average Bonchev–Trinajstić information content (AvgIpc) is 3.32. The summed E-state index contributed by atoms with van der Waals surface area (Å²) in [4.78, 5) is 2.30. The van der Waals surface area contributed by atoms with Crippen LogP contribution in [-0.4, -0.2) is 49.8 Å². The van der Waals surface area contributed by atoms with Gasteiger partial charge in [-0.1, -0.05) is 17.3 Å². The molecule has 1 N–H and O–H groups in total. The lowest BCUT2D eigenvalue weighted by molar-refractivity contribution is 0.0274. The first-order valence-corrected chi connectivity index (χ1v) is 9.23. The van der Waals surface area contributed by atoms with E-state index in [1.807, 2.05) is 6.07 Å². The fraction of sp³-hybridized carbons (Fsp3) is 0.579. The third-order valence-corrected chi connectivity index (χ3v) is 5.25. The Labute approximate surface area is 148 Å². The lowest BCUT2D eigenvalue weighted by Gasteiger charge is -2.23. The molecule has 0 spiro atoms. The summed E-state index contributed by atoms with van der Waals surface area (Å²) in [7, 11) is 0. The molecule has 1 unspecified atom stereocenters. The van der Waals surface area contributed by atoms with Crippen LogP contribution < -0.4 is 4.74 Å². The van der Waals surface area contributed by atoms with E-state index in [-0.39, 0.29) is 0 Å². The van der Waals surface area contributed by atoms with Gasteiger partial charge in [0, 0.05) is 25.8 Å². The highest BCUT2D eigenvalue weighted by molar-refractivity contribution is 5.29. The zero-order chi connectivity index (χ0) is 17.1. The molecular formula is C19H26N4O2. The van der Waals surface area contributed by atoms with E-state index in [2.05, 4.69) is 33.4 Å². The quantitative estimate of drug-likeness (QED) is 0.872. The molecule has 0 bridgehead atoms. The van der Waals surface area contributed by atoms with Crippen LogP contribution in [0.3, 0.4) is 0 Å². The molecule has 2 heterocycles. The molecule has 1 saturated heterocycles. The third kappa shape index (κ3) is 4.19. The van der Waals surface area contributed by atoms with E-state index in [0.717, 1.165) is 25.3 Å². The van der Waals surface area contributed by atoms with E-state index in [1.165, 1.54) is 31.2 Å². The van der Waals surface area contributed by atoms with Gasteiger partial charge < -0.3 is 9.84 Å². The van der Waals surface area contributed by atoms with Gasteiger partial charge in [0.2, 0.25) is 0 Å². The predicted octanol–water partition coefficient (Wildman–Crippen LogP) is 2.24. The van der Waals surface area contributed by atoms with Crippen molar-refractivity contribution in [3.8, 4) is 5.75 Å². The molecule has 1 aliphatic carbocycles. The van der Waals surface area contributed by atoms with Gasteiger partial charge in [-0.15, -0.1) is 5.10 Å². The Morgan fingerprint density at radius 1 is 1.28 bits per heavy atom. The molecule has 1 atom stereocenters. The van der Waals surface area contributed by atoms with E-state index in [0.29, 0.717) is 19.2 Å². The van der Waals surface area contributed by atoms with Crippen molar-refractivity contribution < 1.29 is 9.84 Å². The Morgan fingerprint density at radius 3 is 2.96 bits per heavy atom. The van der Waals surface area contributed by atoms with Gasteiger partial charge in [0.15, 0.2) is 0 Å². The minimum absolute atomic E-state index is 0.384. The summed E-state index contributed by atoms with van der Waals surface area (Å²) >= 11 is 0. The Hall–Kier alpha value is -1.92. The van der Waals surface area contributed by atoms with Crippen molar-refractivity contribution >= 4 is 0 Å². The fourth-order valence-electron chi connectivity index (χ4n) is 4.00.